The first-order valence-electron chi connectivity index (χ1n) is 2.01. The van der Waals surface area contributed by atoms with Crippen LogP contribution in [0.4, 0.5) is 0 Å². The summed E-state index contributed by atoms with van der Waals surface area (Å²) in [6.07, 6.45) is 10.0. The van der Waals surface area contributed by atoms with Crippen molar-refractivity contribution in [2.24, 2.45) is 0 Å². The van der Waals surface area contributed by atoms with Gasteiger partial charge in [-0.15, -0.1) is 6.42 Å². The maximum absolute atomic E-state index is 8.00. The standard InChI is InChI=1S/C5H5.CH2O.Co.2HI/c1-2-4-5-3-1;1-2;;;/h1-3H,4H2;1H2;;2*1H/q-1;;+3;;/p-2. The van der Waals surface area contributed by atoms with E-state index in [1.54, 1.807) is 0 Å². The molecule has 1 aliphatic carbocycles. The molecule has 60 valence electrons. The largest absolute Gasteiger partial charge is 3.00 e. The van der Waals surface area contributed by atoms with Crippen molar-refractivity contribution in [1.82, 2.24) is 0 Å². The molecule has 0 radical (unpaired) electrons. The van der Waals surface area contributed by atoms with E-state index in [0.29, 0.717) is 0 Å². The first-order valence-corrected chi connectivity index (χ1v) is 2.01. The molecule has 1 nitrogen and oxygen atoms in total. The Morgan fingerprint density at radius 1 is 1.30 bits per heavy atom. The van der Waals surface area contributed by atoms with E-state index in [9.17, 15) is 0 Å². The van der Waals surface area contributed by atoms with Crippen molar-refractivity contribution in [3.05, 3.63) is 24.3 Å². The molecule has 0 aromatic carbocycles. The number of carbonyl (C=O) groups is 1. The number of hydrogen-bond acceptors (Lipinski definition) is 1. The van der Waals surface area contributed by atoms with Crippen molar-refractivity contribution in [2.75, 3.05) is 0 Å². The van der Waals surface area contributed by atoms with Gasteiger partial charge >= 0.3 is 16.8 Å². The van der Waals surface area contributed by atoms with E-state index in [-0.39, 0.29) is 64.7 Å². The fourth-order valence-electron chi connectivity index (χ4n) is 0.340. The molecule has 0 heterocycles. The van der Waals surface area contributed by atoms with Gasteiger partial charge in [0, 0.05) is 0 Å². The van der Waals surface area contributed by atoms with Crippen LogP contribution in [-0.2, 0) is 21.6 Å². The Morgan fingerprint density at radius 3 is 1.90 bits per heavy atom. The Labute approximate surface area is 106 Å². The normalized spacial score (nSPS) is 9.20. The molecule has 0 saturated carbocycles. The molecule has 0 fully saturated rings. The van der Waals surface area contributed by atoms with Gasteiger partial charge in [0.2, 0.25) is 0 Å². The molecule has 0 N–H and O–H groups in total. The number of halogens is 2. The molecule has 0 atom stereocenters. The molecular weight excluding hydrogens is 401 g/mol. The van der Waals surface area contributed by atoms with E-state index < -0.39 is 0 Å². The summed E-state index contributed by atoms with van der Waals surface area (Å²) in [4.78, 5) is 8.00. The smallest absolute Gasteiger partial charge is 1.00 e. The van der Waals surface area contributed by atoms with Crippen LogP contribution in [0.15, 0.2) is 18.2 Å². The van der Waals surface area contributed by atoms with Crippen LogP contribution in [0, 0.1) is 6.08 Å². The van der Waals surface area contributed by atoms with Crippen molar-refractivity contribution >= 4 is 6.79 Å². The van der Waals surface area contributed by atoms with Gasteiger partial charge in [0.1, 0.15) is 6.79 Å². The van der Waals surface area contributed by atoms with Crippen molar-refractivity contribution in [3.63, 3.8) is 0 Å². The maximum atomic E-state index is 8.00. The first-order chi connectivity index (χ1) is 3.50. The van der Waals surface area contributed by atoms with Crippen LogP contribution in [0.25, 0.3) is 0 Å². The molecule has 0 saturated heterocycles. The fourth-order valence-corrected chi connectivity index (χ4v) is 0.340. The van der Waals surface area contributed by atoms with Crippen LogP contribution >= 0.6 is 0 Å². The SMILES string of the molecule is C=O.[C-]1=CC=CC1.[Co+3].[I-].[I-]. The van der Waals surface area contributed by atoms with Crippen molar-refractivity contribution < 1.29 is 69.5 Å². The number of rotatable bonds is 0. The van der Waals surface area contributed by atoms with Gasteiger partial charge in [0.15, 0.2) is 0 Å². The quantitative estimate of drug-likeness (QED) is 0.291. The van der Waals surface area contributed by atoms with Crippen LogP contribution in [0.1, 0.15) is 6.42 Å². The van der Waals surface area contributed by atoms with E-state index >= 15 is 0 Å². The maximum Gasteiger partial charge on any atom is 3.00 e. The van der Waals surface area contributed by atoms with Gasteiger partial charge in [-0.3, -0.25) is 6.08 Å². The molecule has 1 rings (SSSR count). The Balaban J connectivity index is -0.0000000337. The predicted molar refractivity (Wildman–Crippen MR) is 28.7 cm³/mol. The molecule has 4 heteroatoms. The summed E-state index contributed by atoms with van der Waals surface area (Å²) in [6, 6.07) is 0. The van der Waals surface area contributed by atoms with E-state index in [1.165, 1.54) is 0 Å². The van der Waals surface area contributed by atoms with E-state index in [1.807, 2.05) is 18.9 Å². The monoisotopic (exact) mass is 408 g/mol. The van der Waals surface area contributed by atoms with Gasteiger partial charge in [-0.1, -0.05) is 0 Å². The molecular formula is C6H7CoI2O. The number of carbonyl (C=O) groups excluding carboxylic acids is 1. The van der Waals surface area contributed by atoms with Gasteiger partial charge in [0.05, 0.1) is 0 Å². The third-order valence-corrected chi connectivity index (χ3v) is 0.586. The average molecular weight is 408 g/mol. The molecule has 0 amide bonds. The van der Waals surface area contributed by atoms with Crippen LogP contribution in [0.3, 0.4) is 0 Å². The minimum Gasteiger partial charge on any atom is -1.00 e. The van der Waals surface area contributed by atoms with Crippen molar-refractivity contribution in [3.8, 4) is 0 Å². The molecule has 10 heavy (non-hydrogen) atoms. The van der Waals surface area contributed by atoms with Crippen LogP contribution in [0.5, 0.6) is 0 Å². The molecule has 0 aliphatic heterocycles. The van der Waals surface area contributed by atoms with Gasteiger partial charge < -0.3 is 52.7 Å². The van der Waals surface area contributed by atoms with Crippen molar-refractivity contribution in [1.29, 1.82) is 0 Å². The van der Waals surface area contributed by atoms with Crippen molar-refractivity contribution in [2.45, 2.75) is 6.42 Å². The van der Waals surface area contributed by atoms with Gasteiger partial charge in [-0.25, -0.2) is 12.2 Å². The van der Waals surface area contributed by atoms with Gasteiger partial charge in [-0.2, -0.15) is 6.08 Å². The second kappa shape index (κ2) is 22.5. The van der Waals surface area contributed by atoms with E-state index in [0.717, 1.165) is 6.42 Å². The van der Waals surface area contributed by atoms with Gasteiger partial charge in [-0.05, 0) is 0 Å². The number of allylic oxidation sites excluding steroid dienone is 4. The van der Waals surface area contributed by atoms with E-state index in [4.69, 9.17) is 4.79 Å². The number of hydrogen-bond donors (Lipinski definition) is 0. The second-order valence-corrected chi connectivity index (χ2v) is 1.00. The summed E-state index contributed by atoms with van der Waals surface area (Å²) in [7, 11) is 0. The summed E-state index contributed by atoms with van der Waals surface area (Å²) >= 11 is 0. The molecule has 0 aromatic rings. The summed E-state index contributed by atoms with van der Waals surface area (Å²) in [5, 5.41) is 0. The predicted octanol–water partition coefficient (Wildman–Crippen LogP) is -4.87. The zero-order valence-electron chi connectivity index (χ0n) is 5.14. The summed E-state index contributed by atoms with van der Waals surface area (Å²) in [5.41, 5.74) is 0. The Kier molecular flexibility index (Phi) is 50.5. The topological polar surface area (TPSA) is 17.1 Å². The van der Waals surface area contributed by atoms with Crippen LogP contribution in [0.2, 0.25) is 0 Å². The first kappa shape index (κ1) is 22.5. The molecule has 0 unspecified atom stereocenters. The summed E-state index contributed by atoms with van der Waals surface area (Å²) in [6.45, 7) is 2.00. The third kappa shape index (κ3) is 16.1. The van der Waals surface area contributed by atoms with Crippen LogP contribution < -0.4 is 48.0 Å². The Bertz CT molecular complexity index is 83.7. The fraction of sp³-hybridized carbons (Fsp3) is 0.167. The Morgan fingerprint density at radius 2 is 1.80 bits per heavy atom. The summed E-state index contributed by atoms with van der Waals surface area (Å²) in [5.74, 6) is 0. The minimum atomic E-state index is 0. The zero-order valence-corrected chi connectivity index (χ0v) is 10.5. The molecule has 0 spiro atoms. The summed E-state index contributed by atoms with van der Waals surface area (Å²) < 4.78 is 0. The third-order valence-electron chi connectivity index (χ3n) is 0.586. The van der Waals surface area contributed by atoms with Crippen LogP contribution in [-0.4, -0.2) is 6.79 Å². The molecule has 1 aliphatic rings. The van der Waals surface area contributed by atoms with Gasteiger partial charge in [0.25, 0.3) is 0 Å². The Hall–Kier alpha value is 1.12. The molecule has 0 aromatic heterocycles. The van der Waals surface area contributed by atoms with E-state index in [2.05, 4.69) is 12.2 Å². The minimum absolute atomic E-state index is 0. The average Bonchev–Trinajstić information content (AvgIpc) is 2.23. The zero-order chi connectivity index (χ0) is 5.54. The second-order valence-electron chi connectivity index (χ2n) is 1.00. The molecule has 0 bridgehead atoms.